The summed E-state index contributed by atoms with van der Waals surface area (Å²) >= 11 is 0. The molecule has 0 spiro atoms. The Bertz CT molecular complexity index is 741. The highest BCUT2D eigenvalue weighted by atomic mass is 19.1. The number of hydrogen-bond donors (Lipinski definition) is 0. The van der Waals surface area contributed by atoms with Gasteiger partial charge in [-0.3, -0.25) is 4.79 Å². The van der Waals surface area contributed by atoms with Crippen molar-refractivity contribution in [1.82, 2.24) is 4.90 Å². The summed E-state index contributed by atoms with van der Waals surface area (Å²) in [5.74, 6) is -1.51. The molecule has 0 bridgehead atoms. The van der Waals surface area contributed by atoms with Gasteiger partial charge in [-0.15, -0.1) is 0 Å². The van der Waals surface area contributed by atoms with Crippen LogP contribution in [0.25, 0.3) is 6.08 Å². The Morgan fingerprint density at radius 2 is 1.67 bits per heavy atom. The summed E-state index contributed by atoms with van der Waals surface area (Å²) < 4.78 is 18.8. The first-order valence-corrected chi connectivity index (χ1v) is 7.38. The van der Waals surface area contributed by atoms with Crippen molar-refractivity contribution in [3.8, 4) is 0 Å². The second-order valence-corrected chi connectivity index (χ2v) is 5.32. The number of likely N-dealkylation sites (N-methyl/N-ethyl adjacent to an activating group) is 1. The minimum atomic E-state index is -1.04. The minimum Gasteiger partial charge on any atom is -0.444 e. The maximum Gasteiger partial charge on any atom is 0.331 e. The molecule has 0 aliphatic heterocycles. The van der Waals surface area contributed by atoms with E-state index in [0.29, 0.717) is 5.56 Å². The second-order valence-electron chi connectivity index (χ2n) is 5.32. The number of carbonyl (C=O) groups is 2. The molecule has 0 aromatic heterocycles. The summed E-state index contributed by atoms with van der Waals surface area (Å²) in [4.78, 5) is 25.7. The van der Waals surface area contributed by atoms with E-state index in [1.54, 1.807) is 62.6 Å². The highest BCUT2D eigenvalue weighted by molar-refractivity contribution is 5.90. The molecule has 0 aliphatic carbocycles. The summed E-state index contributed by atoms with van der Waals surface area (Å²) in [6.45, 7) is 0. The van der Waals surface area contributed by atoms with Crippen LogP contribution in [0.2, 0.25) is 0 Å². The highest BCUT2D eigenvalue weighted by Crippen LogP contribution is 2.20. The van der Waals surface area contributed by atoms with Crippen LogP contribution in [0.4, 0.5) is 4.39 Å². The van der Waals surface area contributed by atoms with Crippen molar-refractivity contribution in [1.29, 1.82) is 0 Å². The normalized spacial score (nSPS) is 12.0. The van der Waals surface area contributed by atoms with Gasteiger partial charge < -0.3 is 9.64 Å². The Labute approximate surface area is 140 Å². The SMILES string of the molecule is CN(C)C(=O)C(OC(=O)/C=C/c1ccccc1F)c1ccccc1. The lowest BCUT2D eigenvalue weighted by atomic mass is 10.1. The van der Waals surface area contributed by atoms with E-state index in [-0.39, 0.29) is 11.5 Å². The molecule has 0 saturated heterocycles. The third kappa shape index (κ3) is 4.52. The number of benzene rings is 2. The molecule has 2 rings (SSSR count). The summed E-state index contributed by atoms with van der Waals surface area (Å²) in [7, 11) is 3.17. The molecule has 5 heteroatoms. The van der Waals surface area contributed by atoms with Crippen molar-refractivity contribution in [3.63, 3.8) is 0 Å². The van der Waals surface area contributed by atoms with Crippen molar-refractivity contribution in [2.24, 2.45) is 0 Å². The second kappa shape index (κ2) is 8.06. The van der Waals surface area contributed by atoms with Gasteiger partial charge in [0.15, 0.2) is 0 Å². The Morgan fingerprint density at radius 1 is 1.04 bits per heavy atom. The number of ether oxygens (including phenoxy) is 1. The van der Waals surface area contributed by atoms with Crippen molar-refractivity contribution in [3.05, 3.63) is 77.6 Å². The molecule has 4 nitrogen and oxygen atoms in total. The average molecular weight is 327 g/mol. The fraction of sp³-hybridized carbons (Fsp3) is 0.158. The van der Waals surface area contributed by atoms with Crippen LogP contribution in [0.3, 0.4) is 0 Å². The van der Waals surface area contributed by atoms with Crippen LogP contribution >= 0.6 is 0 Å². The third-order valence-electron chi connectivity index (χ3n) is 3.31. The van der Waals surface area contributed by atoms with Gasteiger partial charge in [0.05, 0.1) is 0 Å². The van der Waals surface area contributed by atoms with E-state index in [4.69, 9.17) is 4.74 Å². The van der Waals surface area contributed by atoms with Gasteiger partial charge in [0, 0.05) is 31.3 Å². The largest absolute Gasteiger partial charge is 0.444 e. The molecule has 2 aromatic carbocycles. The number of nitrogens with zero attached hydrogens (tertiary/aromatic N) is 1. The molecule has 0 N–H and O–H groups in total. The molecule has 24 heavy (non-hydrogen) atoms. The first-order chi connectivity index (χ1) is 11.5. The Morgan fingerprint density at radius 3 is 2.29 bits per heavy atom. The first kappa shape index (κ1) is 17.4. The predicted molar refractivity (Wildman–Crippen MR) is 89.4 cm³/mol. The molecule has 0 radical (unpaired) electrons. The molecule has 1 unspecified atom stereocenters. The lowest BCUT2D eigenvalue weighted by molar-refractivity contribution is -0.155. The first-order valence-electron chi connectivity index (χ1n) is 7.38. The van der Waals surface area contributed by atoms with Crippen LogP contribution in [0.1, 0.15) is 17.2 Å². The van der Waals surface area contributed by atoms with Gasteiger partial charge in [0.25, 0.3) is 5.91 Å². The molecule has 0 heterocycles. The molecule has 2 aromatic rings. The zero-order valence-corrected chi connectivity index (χ0v) is 13.5. The molecule has 0 saturated carbocycles. The maximum absolute atomic E-state index is 13.5. The van der Waals surface area contributed by atoms with Gasteiger partial charge in [-0.2, -0.15) is 0 Å². The predicted octanol–water partition coefficient (Wildman–Crippen LogP) is 3.21. The zero-order chi connectivity index (χ0) is 17.5. The standard InChI is InChI=1S/C19H18FNO3/c1-21(2)19(23)18(15-9-4-3-5-10-15)24-17(22)13-12-14-8-6-7-11-16(14)20/h3-13,18H,1-2H3/b13-12+. The van der Waals surface area contributed by atoms with E-state index in [1.807, 2.05) is 0 Å². The van der Waals surface area contributed by atoms with Crippen LogP contribution in [-0.2, 0) is 14.3 Å². The number of rotatable bonds is 5. The lowest BCUT2D eigenvalue weighted by Gasteiger charge is -2.20. The molecular formula is C19H18FNO3. The van der Waals surface area contributed by atoms with E-state index in [9.17, 15) is 14.0 Å². The van der Waals surface area contributed by atoms with E-state index < -0.39 is 17.9 Å². The number of amides is 1. The third-order valence-corrected chi connectivity index (χ3v) is 3.31. The number of halogens is 1. The van der Waals surface area contributed by atoms with Crippen LogP contribution in [0.15, 0.2) is 60.7 Å². The van der Waals surface area contributed by atoms with Gasteiger partial charge in [-0.25, -0.2) is 9.18 Å². The molecule has 0 fully saturated rings. The summed E-state index contributed by atoms with van der Waals surface area (Å²) in [5.41, 5.74) is 0.841. The van der Waals surface area contributed by atoms with Crippen molar-refractivity contribution < 1.29 is 18.7 Å². The van der Waals surface area contributed by atoms with Crippen molar-refractivity contribution >= 4 is 18.0 Å². The van der Waals surface area contributed by atoms with Gasteiger partial charge in [-0.1, -0.05) is 48.5 Å². The van der Waals surface area contributed by atoms with E-state index in [2.05, 4.69) is 0 Å². The molecule has 1 atom stereocenters. The monoisotopic (exact) mass is 327 g/mol. The van der Waals surface area contributed by atoms with E-state index >= 15 is 0 Å². The van der Waals surface area contributed by atoms with Crippen molar-refractivity contribution in [2.75, 3.05) is 14.1 Å². The van der Waals surface area contributed by atoms with E-state index in [0.717, 1.165) is 6.08 Å². The number of hydrogen-bond acceptors (Lipinski definition) is 3. The van der Waals surface area contributed by atoms with Gasteiger partial charge in [0.1, 0.15) is 5.82 Å². The topological polar surface area (TPSA) is 46.6 Å². The molecule has 1 amide bonds. The van der Waals surface area contributed by atoms with Crippen LogP contribution in [0.5, 0.6) is 0 Å². The fourth-order valence-corrected chi connectivity index (χ4v) is 2.05. The smallest absolute Gasteiger partial charge is 0.331 e. The Hall–Kier alpha value is -2.95. The van der Waals surface area contributed by atoms with Gasteiger partial charge in [-0.05, 0) is 12.1 Å². The zero-order valence-electron chi connectivity index (χ0n) is 13.5. The van der Waals surface area contributed by atoms with Gasteiger partial charge >= 0.3 is 5.97 Å². The van der Waals surface area contributed by atoms with E-state index in [1.165, 1.54) is 17.0 Å². The summed E-state index contributed by atoms with van der Waals surface area (Å²) in [5, 5.41) is 0. The average Bonchev–Trinajstić information content (AvgIpc) is 2.59. The van der Waals surface area contributed by atoms with Crippen LogP contribution in [0, 0.1) is 5.82 Å². The van der Waals surface area contributed by atoms with Crippen molar-refractivity contribution in [2.45, 2.75) is 6.10 Å². The number of carbonyl (C=O) groups excluding carboxylic acids is 2. The summed E-state index contributed by atoms with van der Waals surface area (Å²) in [6, 6.07) is 14.8. The molecule has 124 valence electrons. The lowest BCUT2D eigenvalue weighted by Crippen LogP contribution is -2.30. The minimum absolute atomic E-state index is 0.268. The Kier molecular flexibility index (Phi) is 5.84. The maximum atomic E-state index is 13.5. The Balaban J connectivity index is 2.16. The number of esters is 1. The summed E-state index contributed by atoms with van der Waals surface area (Å²) in [6.07, 6.45) is 1.39. The van der Waals surface area contributed by atoms with Crippen LogP contribution in [-0.4, -0.2) is 30.9 Å². The fourth-order valence-electron chi connectivity index (χ4n) is 2.05. The molecular weight excluding hydrogens is 309 g/mol. The highest BCUT2D eigenvalue weighted by Gasteiger charge is 2.25. The molecule has 0 aliphatic rings. The quantitative estimate of drug-likeness (QED) is 0.626. The van der Waals surface area contributed by atoms with Crippen LogP contribution < -0.4 is 0 Å². The van der Waals surface area contributed by atoms with Gasteiger partial charge in [0.2, 0.25) is 6.10 Å².